The standard InChI is InChI=1S/C4H9ClN2O3S/c1-2-3(7-4(6)8)11(5,9)10/h3H,2H2,1H3,(H3,6,7,8). The third-order valence-electron chi connectivity index (χ3n) is 1.01. The fraction of sp³-hybridized carbons (Fsp3) is 0.750. The van der Waals surface area contributed by atoms with Crippen molar-refractivity contribution in [3.63, 3.8) is 0 Å². The fourth-order valence-corrected chi connectivity index (χ4v) is 1.70. The van der Waals surface area contributed by atoms with Gasteiger partial charge in [-0.05, 0) is 6.42 Å². The monoisotopic (exact) mass is 200 g/mol. The highest BCUT2D eigenvalue weighted by atomic mass is 35.7. The van der Waals surface area contributed by atoms with E-state index < -0.39 is 20.5 Å². The maximum atomic E-state index is 10.6. The molecule has 11 heavy (non-hydrogen) atoms. The van der Waals surface area contributed by atoms with E-state index in [-0.39, 0.29) is 6.42 Å². The predicted molar refractivity (Wildman–Crippen MR) is 41.6 cm³/mol. The second-order valence-corrected chi connectivity index (χ2v) is 4.69. The van der Waals surface area contributed by atoms with Crippen LogP contribution in [-0.4, -0.2) is 19.8 Å². The minimum absolute atomic E-state index is 0.189. The number of carbonyl (C=O) groups is 1. The maximum Gasteiger partial charge on any atom is 0.313 e. The van der Waals surface area contributed by atoms with Gasteiger partial charge in [0.05, 0.1) is 0 Å². The Morgan fingerprint density at radius 3 is 2.27 bits per heavy atom. The van der Waals surface area contributed by atoms with Gasteiger partial charge in [-0.1, -0.05) is 6.92 Å². The number of hydrogen-bond acceptors (Lipinski definition) is 3. The van der Waals surface area contributed by atoms with E-state index in [0.29, 0.717) is 0 Å². The van der Waals surface area contributed by atoms with Gasteiger partial charge in [0.1, 0.15) is 5.37 Å². The second-order valence-electron chi connectivity index (χ2n) is 1.88. The lowest BCUT2D eigenvalue weighted by atomic mass is 10.5. The fourth-order valence-electron chi connectivity index (χ4n) is 0.530. The molecular formula is C4H9ClN2O3S. The first-order valence-electron chi connectivity index (χ1n) is 2.87. The van der Waals surface area contributed by atoms with Crippen molar-refractivity contribution < 1.29 is 13.2 Å². The van der Waals surface area contributed by atoms with Crippen molar-refractivity contribution in [2.24, 2.45) is 5.73 Å². The summed E-state index contributed by atoms with van der Waals surface area (Å²) in [7, 11) is 1.20. The van der Waals surface area contributed by atoms with E-state index in [1.165, 1.54) is 0 Å². The topological polar surface area (TPSA) is 89.3 Å². The molecule has 0 heterocycles. The van der Waals surface area contributed by atoms with Crippen LogP contribution in [0.15, 0.2) is 0 Å². The Bertz CT molecular complexity index is 238. The average Bonchev–Trinajstić information content (AvgIpc) is 1.79. The molecule has 0 rings (SSSR count). The van der Waals surface area contributed by atoms with Crippen LogP contribution in [0.4, 0.5) is 4.79 Å². The van der Waals surface area contributed by atoms with Gasteiger partial charge in [0.25, 0.3) is 9.05 Å². The molecule has 1 atom stereocenters. The summed E-state index contributed by atoms with van der Waals surface area (Å²) < 4.78 is 21.2. The predicted octanol–water partition coefficient (Wildman–Crippen LogP) is -0.0406. The van der Waals surface area contributed by atoms with Crippen LogP contribution in [0, 0.1) is 0 Å². The van der Waals surface area contributed by atoms with E-state index in [1.807, 2.05) is 5.32 Å². The van der Waals surface area contributed by atoms with Crippen LogP contribution >= 0.6 is 10.7 Å². The summed E-state index contributed by atoms with van der Waals surface area (Å²) in [6.07, 6.45) is 0.189. The molecule has 0 fully saturated rings. The van der Waals surface area contributed by atoms with E-state index in [4.69, 9.17) is 16.4 Å². The summed E-state index contributed by atoms with van der Waals surface area (Å²) in [5.41, 5.74) is 4.69. The van der Waals surface area contributed by atoms with Crippen molar-refractivity contribution in [3.8, 4) is 0 Å². The number of primary amides is 1. The lowest BCUT2D eigenvalue weighted by Gasteiger charge is -2.10. The second kappa shape index (κ2) is 3.77. The number of hydrogen-bond donors (Lipinski definition) is 2. The van der Waals surface area contributed by atoms with Gasteiger partial charge in [-0.15, -0.1) is 0 Å². The molecule has 5 nitrogen and oxygen atoms in total. The molecule has 0 saturated carbocycles. The van der Waals surface area contributed by atoms with E-state index >= 15 is 0 Å². The van der Waals surface area contributed by atoms with E-state index in [2.05, 4.69) is 0 Å². The highest BCUT2D eigenvalue weighted by Gasteiger charge is 2.21. The Labute approximate surface area is 69.3 Å². The molecule has 0 aliphatic rings. The maximum absolute atomic E-state index is 10.6. The lowest BCUT2D eigenvalue weighted by molar-refractivity contribution is 0.247. The molecule has 3 N–H and O–H groups in total. The molecule has 0 spiro atoms. The summed E-state index contributed by atoms with van der Waals surface area (Å²) in [6, 6.07) is -0.902. The van der Waals surface area contributed by atoms with Gasteiger partial charge >= 0.3 is 6.03 Å². The number of nitrogens with two attached hydrogens (primary N) is 1. The van der Waals surface area contributed by atoms with Crippen molar-refractivity contribution in [3.05, 3.63) is 0 Å². The molecule has 0 saturated heterocycles. The molecule has 0 aromatic carbocycles. The van der Waals surface area contributed by atoms with Crippen molar-refractivity contribution >= 4 is 25.8 Å². The summed E-state index contributed by atoms with van der Waals surface area (Å²) in [5, 5.41) is 0.893. The van der Waals surface area contributed by atoms with Gasteiger partial charge in [-0.3, -0.25) is 0 Å². The molecular weight excluding hydrogens is 192 g/mol. The number of carbonyl (C=O) groups excluding carboxylic acids is 1. The van der Waals surface area contributed by atoms with E-state index in [9.17, 15) is 13.2 Å². The quantitative estimate of drug-likeness (QED) is 0.627. The van der Waals surface area contributed by atoms with Gasteiger partial charge in [-0.25, -0.2) is 13.2 Å². The zero-order chi connectivity index (χ0) is 9.07. The van der Waals surface area contributed by atoms with Crippen molar-refractivity contribution in [1.29, 1.82) is 0 Å². The summed E-state index contributed by atoms with van der Waals surface area (Å²) >= 11 is 0. The van der Waals surface area contributed by atoms with Gasteiger partial charge in [0.15, 0.2) is 0 Å². The number of urea groups is 1. The minimum Gasteiger partial charge on any atom is -0.352 e. The molecule has 0 aliphatic carbocycles. The van der Waals surface area contributed by atoms with E-state index in [1.54, 1.807) is 6.92 Å². The van der Waals surface area contributed by atoms with Crippen molar-refractivity contribution in [2.45, 2.75) is 18.7 Å². The normalized spacial score (nSPS) is 14.0. The largest absolute Gasteiger partial charge is 0.352 e. The molecule has 0 aliphatic heterocycles. The average molecular weight is 201 g/mol. The molecule has 0 aromatic rings. The zero-order valence-electron chi connectivity index (χ0n) is 5.87. The first-order valence-corrected chi connectivity index (χ1v) is 5.24. The molecule has 2 amide bonds. The Morgan fingerprint density at radius 1 is 1.73 bits per heavy atom. The van der Waals surface area contributed by atoms with Crippen LogP contribution in [0.25, 0.3) is 0 Å². The van der Waals surface area contributed by atoms with Crippen molar-refractivity contribution in [2.75, 3.05) is 0 Å². The van der Waals surface area contributed by atoms with Crippen LogP contribution in [-0.2, 0) is 9.05 Å². The summed E-state index contributed by atoms with van der Waals surface area (Å²) in [6.45, 7) is 1.57. The number of rotatable bonds is 3. The minimum atomic E-state index is -3.75. The highest BCUT2D eigenvalue weighted by molar-refractivity contribution is 8.14. The first kappa shape index (κ1) is 10.5. The third kappa shape index (κ3) is 4.05. The van der Waals surface area contributed by atoms with Gasteiger partial charge < -0.3 is 11.1 Å². The van der Waals surface area contributed by atoms with Crippen LogP contribution in [0.5, 0.6) is 0 Å². The Hall–Kier alpha value is -0.490. The van der Waals surface area contributed by atoms with Crippen molar-refractivity contribution in [1.82, 2.24) is 5.32 Å². The summed E-state index contributed by atoms with van der Waals surface area (Å²) in [5.74, 6) is 0. The zero-order valence-corrected chi connectivity index (χ0v) is 7.45. The number of nitrogens with one attached hydrogen (secondary N) is 1. The SMILES string of the molecule is CCC(NC(N)=O)S(=O)(=O)Cl. The van der Waals surface area contributed by atoms with Gasteiger partial charge in [0.2, 0.25) is 0 Å². The lowest BCUT2D eigenvalue weighted by Crippen LogP contribution is -2.41. The third-order valence-corrected chi connectivity index (χ3v) is 2.79. The molecule has 66 valence electrons. The van der Waals surface area contributed by atoms with Crippen LogP contribution in [0.3, 0.4) is 0 Å². The molecule has 7 heteroatoms. The molecule has 0 aromatic heterocycles. The molecule has 1 unspecified atom stereocenters. The van der Waals surface area contributed by atoms with Crippen LogP contribution in [0.2, 0.25) is 0 Å². The number of amides is 2. The first-order chi connectivity index (χ1) is 4.88. The van der Waals surface area contributed by atoms with Crippen LogP contribution < -0.4 is 11.1 Å². The number of halogens is 1. The molecule has 0 bridgehead atoms. The smallest absolute Gasteiger partial charge is 0.313 e. The summed E-state index contributed by atoms with van der Waals surface area (Å²) in [4.78, 5) is 10.2. The Kier molecular flexibility index (Phi) is 3.61. The van der Waals surface area contributed by atoms with Crippen LogP contribution in [0.1, 0.15) is 13.3 Å². The highest BCUT2D eigenvalue weighted by Crippen LogP contribution is 2.07. The molecule has 0 radical (unpaired) electrons. The Morgan fingerprint density at radius 2 is 2.18 bits per heavy atom. The Balaban J connectivity index is 4.31. The van der Waals surface area contributed by atoms with Gasteiger partial charge in [-0.2, -0.15) is 0 Å². The van der Waals surface area contributed by atoms with E-state index in [0.717, 1.165) is 0 Å². The van der Waals surface area contributed by atoms with Gasteiger partial charge in [0, 0.05) is 10.7 Å².